The normalized spacial score (nSPS) is 21.4. The molecule has 10 nitrogen and oxygen atoms in total. The van der Waals surface area contributed by atoms with E-state index in [4.69, 9.17) is 15.2 Å². The number of carbonyl (C=O) groups is 3. The van der Waals surface area contributed by atoms with Gasteiger partial charge in [0, 0.05) is 31.2 Å². The van der Waals surface area contributed by atoms with Crippen molar-refractivity contribution < 1.29 is 23.9 Å². The van der Waals surface area contributed by atoms with E-state index in [9.17, 15) is 14.4 Å². The molecule has 2 heterocycles. The number of carbonyl (C=O) groups excluding carboxylic acids is 3. The van der Waals surface area contributed by atoms with Gasteiger partial charge in [-0.2, -0.15) is 0 Å². The summed E-state index contributed by atoms with van der Waals surface area (Å²) in [5.41, 5.74) is 8.15. The second-order valence-corrected chi connectivity index (χ2v) is 9.83. The van der Waals surface area contributed by atoms with Crippen LogP contribution in [-0.2, 0) is 14.3 Å². The van der Waals surface area contributed by atoms with Gasteiger partial charge in [-0.15, -0.1) is 0 Å². The number of hydrogen-bond donors (Lipinski definition) is 1. The van der Waals surface area contributed by atoms with Crippen LogP contribution in [0.1, 0.15) is 57.8 Å². The van der Waals surface area contributed by atoms with Gasteiger partial charge in [-0.25, -0.2) is 4.79 Å². The van der Waals surface area contributed by atoms with Gasteiger partial charge in [0.25, 0.3) is 5.91 Å². The number of allylic oxidation sites excluding steroid dienone is 1. The summed E-state index contributed by atoms with van der Waals surface area (Å²) in [5, 5.41) is 0. The topological polar surface area (TPSA) is 118 Å². The molecule has 2 aliphatic rings. The van der Waals surface area contributed by atoms with Gasteiger partial charge < -0.3 is 25.0 Å². The maximum Gasteiger partial charge on any atom is 0.339 e. The van der Waals surface area contributed by atoms with E-state index in [1.165, 1.54) is 25.5 Å². The highest BCUT2D eigenvalue weighted by Crippen LogP contribution is 2.26. The van der Waals surface area contributed by atoms with Crippen molar-refractivity contribution in [1.29, 1.82) is 0 Å². The molecular weight excluding hydrogens is 510 g/mol. The van der Waals surface area contributed by atoms with Crippen LogP contribution in [0.15, 0.2) is 52.3 Å². The molecule has 0 bridgehead atoms. The number of ether oxygens (including phenoxy) is 2. The zero-order valence-corrected chi connectivity index (χ0v) is 25.0. The molecule has 40 heavy (non-hydrogen) atoms. The molecule has 3 rings (SSSR count). The summed E-state index contributed by atoms with van der Waals surface area (Å²) in [6.07, 6.45) is 5.11. The number of aliphatic imine (C=N–C) groups is 1. The average molecular weight is 556 g/mol. The van der Waals surface area contributed by atoms with Crippen molar-refractivity contribution in [2.24, 2.45) is 10.7 Å². The minimum Gasteiger partial charge on any atom is -0.497 e. The molecule has 1 aromatic rings. The third-order valence-corrected chi connectivity index (χ3v) is 6.71. The zero-order valence-electron chi connectivity index (χ0n) is 25.0. The number of esters is 1. The molecule has 10 heteroatoms. The van der Waals surface area contributed by atoms with E-state index in [0.717, 1.165) is 18.4 Å². The Morgan fingerprint density at radius 2 is 1.93 bits per heavy atom. The lowest BCUT2D eigenvalue weighted by atomic mass is 10.0. The number of Topliss-reactive ketones (excluding diaryl/α,β-unsaturated/α-hetero) is 1. The van der Waals surface area contributed by atoms with Gasteiger partial charge >= 0.3 is 5.97 Å². The summed E-state index contributed by atoms with van der Waals surface area (Å²) < 4.78 is 10.4. The third kappa shape index (κ3) is 8.42. The van der Waals surface area contributed by atoms with E-state index >= 15 is 0 Å². The lowest BCUT2D eigenvalue weighted by Crippen LogP contribution is -2.53. The fraction of sp³-hybridized carbons (Fsp3) is 0.533. The van der Waals surface area contributed by atoms with Crippen LogP contribution in [-0.4, -0.2) is 97.7 Å². The molecule has 0 aliphatic carbocycles. The fourth-order valence-corrected chi connectivity index (χ4v) is 4.63. The molecule has 0 aromatic heterocycles. The first kappa shape index (κ1) is 32.6. The van der Waals surface area contributed by atoms with Crippen molar-refractivity contribution in [2.45, 2.75) is 59.5 Å². The Balaban J connectivity index is 0.00000274. The van der Waals surface area contributed by atoms with Crippen LogP contribution in [0, 0.1) is 0 Å². The van der Waals surface area contributed by atoms with Gasteiger partial charge in [0.05, 0.1) is 39.2 Å². The second-order valence-electron chi connectivity index (χ2n) is 9.83. The Bertz CT molecular complexity index is 1130. The molecule has 1 saturated heterocycles. The average Bonchev–Trinajstić information content (AvgIpc) is 3.01. The van der Waals surface area contributed by atoms with Crippen molar-refractivity contribution in [3.63, 3.8) is 0 Å². The van der Waals surface area contributed by atoms with E-state index in [1.54, 1.807) is 31.2 Å². The molecular formula is C30H45N5O5. The van der Waals surface area contributed by atoms with E-state index in [1.807, 2.05) is 38.7 Å². The summed E-state index contributed by atoms with van der Waals surface area (Å²) in [4.78, 5) is 49.7. The number of hydrogen-bond acceptors (Lipinski definition) is 9. The molecule has 0 spiro atoms. The Morgan fingerprint density at radius 1 is 1.20 bits per heavy atom. The van der Waals surface area contributed by atoms with Crippen LogP contribution in [0.25, 0.3) is 0 Å². The van der Waals surface area contributed by atoms with Crippen LogP contribution >= 0.6 is 0 Å². The number of likely N-dealkylation sites (tertiary alicyclic amines) is 1. The SMILES string of the molecule is CC.COC(=O)/C1=C(\N2CCCC(N)C2)N(CC=C(C)C)C(C)C(=O)N(CC(=O)c2cccc(OC)c2)C=NC1. The summed E-state index contributed by atoms with van der Waals surface area (Å²) >= 11 is 0. The first-order valence-electron chi connectivity index (χ1n) is 13.9. The highest BCUT2D eigenvalue weighted by molar-refractivity contribution is 6.03. The van der Waals surface area contributed by atoms with Crippen LogP contribution in [0.2, 0.25) is 0 Å². The van der Waals surface area contributed by atoms with Crippen molar-refractivity contribution in [3.8, 4) is 5.75 Å². The lowest BCUT2D eigenvalue weighted by Gasteiger charge is -2.42. The largest absolute Gasteiger partial charge is 0.497 e. The van der Waals surface area contributed by atoms with Crippen molar-refractivity contribution in [3.05, 3.63) is 52.9 Å². The van der Waals surface area contributed by atoms with E-state index in [-0.39, 0.29) is 30.8 Å². The molecule has 2 unspecified atom stereocenters. The minimum absolute atomic E-state index is 0.0110. The highest BCUT2D eigenvalue weighted by atomic mass is 16.5. The van der Waals surface area contributed by atoms with Gasteiger partial charge in [0.15, 0.2) is 5.78 Å². The highest BCUT2D eigenvalue weighted by Gasteiger charge is 2.35. The van der Waals surface area contributed by atoms with Crippen LogP contribution in [0.4, 0.5) is 0 Å². The van der Waals surface area contributed by atoms with Gasteiger partial charge in [-0.1, -0.05) is 37.6 Å². The third-order valence-electron chi connectivity index (χ3n) is 6.71. The first-order chi connectivity index (χ1) is 19.2. The van der Waals surface area contributed by atoms with Gasteiger partial charge in [-0.3, -0.25) is 19.5 Å². The molecule has 0 radical (unpaired) electrons. The zero-order chi connectivity index (χ0) is 29.8. The van der Waals surface area contributed by atoms with Crippen molar-refractivity contribution in [2.75, 3.05) is 46.9 Å². The van der Waals surface area contributed by atoms with E-state index in [0.29, 0.717) is 42.3 Å². The molecule has 1 aromatic carbocycles. The standard InChI is InChI=1S/C28H39N5O5.C2H6/c1-19(2)11-13-33-20(3)27(35)32(17-25(34)21-8-6-10-23(14-21)37-4)18-30-15-24(28(36)38-5)26(33)31-12-7-9-22(29)16-31;1-2/h6,8,10-11,14,18,20,22H,7,9,12-13,15-17,29H2,1-5H3;1-2H3/b26-24+,30-18?;. The molecule has 1 amide bonds. The Labute approximate surface area is 238 Å². The van der Waals surface area contributed by atoms with Gasteiger partial charge in [0.1, 0.15) is 17.6 Å². The predicted molar refractivity (Wildman–Crippen MR) is 157 cm³/mol. The fourth-order valence-electron chi connectivity index (χ4n) is 4.63. The maximum atomic E-state index is 13.8. The van der Waals surface area contributed by atoms with Crippen LogP contribution < -0.4 is 10.5 Å². The Kier molecular flexibility index (Phi) is 12.9. The number of ketones is 1. The summed E-state index contributed by atoms with van der Waals surface area (Å²) in [6.45, 7) is 11.1. The molecule has 0 saturated carbocycles. The number of nitrogens with zero attached hydrogens (tertiary/aromatic N) is 4. The van der Waals surface area contributed by atoms with E-state index < -0.39 is 12.0 Å². The smallest absolute Gasteiger partial charge is 0.339 e. The number of methoxy groups -OCH3 is 2. The van der Waals surface area contributed by atoms with Crippen LogP contribution in [0.5, 0.6) is 5.75 Å². The quantitative estimate of drug-likeness (QED) is 0.295. The molecule has 2 aliphatic heterocycles. The summed E-state index contributed by atoms with van der Waals surface area (Å²) in [7, 11) is 2.86. The number of nitrogens with two attached hydrogens (primary N) is 1. The predicted octanol–water partition coefficient (Wildman–Crippen LogP) is 3.24. The first-order valence-corrected chi connectivity index (χ1v) is 13.9. The number of rotatable bonds is 8. The van der Waals surface area contributed by atoms with Crippen LogP contribution in [0.3, 0.4) is 0 Å². The number of benzene rings is 1. The Hall–Kier alpha value is -3.66. The van der Waals surface area contributed by atoms with Gasteiger partial charge in [0.2, 0.25) is 0 Å². The molecule has 1 fully saturated rings. The minimum atomic E-state index is -0.707. The number of amides is 1. The van der Waals surface area contributed by atoms with E-state index in [2.05, 4.69) is 9.89 Å². The molecule has 2 atom stereocenters. The summed E-state index contributed by atoms with van der Waals surface area (Å²) in [5.74, 6) is 0.0758. The molecule has 220 valence electrons. The molecule has 2 N–H and O–H groups in total. The van der Waals surface area contributed by atoms with Crippen molar-refractivity contribution in [1.82, 2.24) is 14.7 Å². The lowest BCUT2D eigenvalue weighted by molar-refractivity contribution is -0.137. The number of piperidine rings is 1. The monoisotopic (exact) mass is 555 g/mol. The maximum absolute atomic E-state index is 13.8. The van der Waals surface area contributed by atoms with Crippen molar-refractivity contribution >= 4 is 24.0 Å². The summed E-state index contributed by atoms with van der Waals surface area (Å²) in [6, 6.07) is 6.04. The van der Waals surface area contributed by atoms with Gasteiger partial charge in [-0.05, 0) is 45.7 Å². The second kappa shape index (κ2) is 15.8. The Morgan fingerprint density at radius 3 is 2.55 bits per heavy atom.